The van der Waals surface area contributed by atoms with Crippen molar-refractivity contribution in [3.63, 3.8) is 0 Å². The summed E-state index contributed by atoms with van der Waals surface area (Å²) < 4.78 is 43.4. The predicted molar refractivity (Wildman–Crippen MR) is 105 cm³/mol. The summed E-state index contributed by atoms with van der Waals surface area (Å²) in [6.07, 6.45) is -4.58. The number of carbonyl (C=O) groups excluding carboxylic acids is 2. The van der Waals surface area contributed by atoms with Gasteiger partial charge in [-0.1, -0.05) is 23.4 Å². The quantitative estimate of drug-likeness (QED) is 0.493. The summed E-state index contributed by atoms with van der Waals surface area (Å²) in [6, 6.07) is 5.81. The lowest BCUT2D eigenvalue weighted by Crippen LogP contribution is -2.16. The molecule has 0 spiro atoms. The molecule has 2 aromatic rings. The summed E-state index contributed by atoms with van der Waals surface area (Å²) in [4.78, 5) is 28.3. The molecule has 0 saturated heterocycles. The molecule has 1 heterocycles. The van der Waals surface area contributed by atoms with E-state index in [1.165, 1.54) is 6.07 Å². The Morgan fingerprint density at radius 3 is 2.63 bits per heavy atom. The van der Waals surface area contributed by atoms with Crippen molar-refractivity contribution in [2.75, 3.05) is 17.7 Å². The van der Waals surface area contributed by atoms with Crippen molar-refractivity contribution in [2.24, 2.45) is 0 Å². The minimum atomic E-state index is -4.58. The number of aromatic nitrogens is 1. The van der Waals surface area contributed by atoms with E-state index >= 15 is 0 Å². The average molecular weight is 458 g/mol. The number of ether oxygens (including phenoxy) is 1. The van der Waals surface area contributed by atoms with E-state index in [1.54, 1.807) is 13.8 Å². The molecule has 6 nitrogen and oxygen atoms in total. The molecular weight excluding hydrogens is 443 g/mol. The molecule has 0 radical (unpaired) electrons. The van der Waals surface area contributed by atoms with Gasteiger partial charge in [0, 0.05) is 0 Å². The predicted octanol–water partition coefficient (Wildman–Crippen LogP) is 4.84. The molecule has 1 N–H and O–H groups in total. The second-order valence-electron chi connectivity index (χ2n) is 5.84. The molecule has 0 saturated carbocycles. The van der Waals surface area contributed by atoms with Gasteiger partial charge in [-0.05, 0) is 38.1 Å². The van der Waals surface area contributed by atoms with Gasteiger partial charge >= 0.3 is 12.1 Å². The molecule has 1 aromatic heterocycles. The lowest BCUT2D eigenvalue weighted by atomic mass is 10.1. The van der Waals surface area contributed by atoms with Crippen molar-refractivity contribution in [3.05, 3.63) is 51.7 Å². The number of pyridine rings is 1. The topological polar surface area (TPSA) is 92.1 Å². The van der Waals surface area contributed by atoms with Crippen molar-refractivity contribution in [1.29, 1.82) is 5.26 Å². The fourth-order valence-corrected chi connectivity index (χ4v) is 3.27. The van der Waals surface area contributed by atoms with E-state index in [-0.39, 0.29) is 39.2 Å². The third-order valence-corrected chi connectivity index (χ3v) is 5.02. The Kier molecular flexibility index (Phi) is 7.70. The zero-order chi connectivity index (χ0) is 22.5. The van der Waals surface area contributed by atoms with Crippen LogP contribution < -0.4 is 5.32 Å². The first-order valence-corrected chi connectivity index (χ1v) is 9.81. The van der Waals surface area contributed by atoms with Crippen LogP contribution in [0.5, 0.6) is 0 Å². The van der Waals surface area contributed by atoms with Crippen LogP contribution in [-0.2, 0) is 15.7 Å². The van der Waals surface area contributed by atoms with Crippen LogP contribution >= 0.6 is 23.4 Å². The monoisotopic (exact) mass is 457 g/mol. The molecule has 1 amide bonds. The van der Waals surface area contributed by atoms with Crippen LogP contribution in [0, 0.1) is 18.3 Å². The molecule has 0 aliphatic heterocycles. The van der Waals surface area contributed by atoms with Gasteiger partial charge in [0.15, 0.2) is 0 Å². The number of hydrogen-bond acceptors (Lipinski definition) is 6. The molecule has 30 heavy (non-hydrogen) atoms. The van der Waals surface area contributed by atoms with E-state index < -0.39 is 23.6 Å². The van der Waals surface area contributed by atoms with Gasteiger partial charge in [-0.15, -0.1) is 0 Å². The Hall–Kier alpha value is -2.77. The lowest BCUT2D eigenvalue weighted by molar-refractivity contribution is -0.137. The highest BCUT2D eigenvalue weighted by atomic mass is 35.5. The zero-order valence-corrected chi connectivity index (χ0v) is 17.3. The van der Waals surface area contributed by atoms with Crippen LogP contribution in [0.2, 0.25) is 5.02 Å². The Bertz CT molecular complexity index is 1020. The minimum Gasteiger partial charge on any atom is -0.462 e. The van der Waals surface area contributed by atoms with Crippen molar-refractivity contribution in [2.45, 2.75) is 25.0 Å². The van der Waals surface area contributed by atoms with Crippen LogP contribution in [0.3, 0.4) is 0 Å². The Morgan fingerprint density at radius 2 is 2.03 bits per heavy atom. The molecule has 0 bridgehead atoms. The highest BCUT2D eigenvalue weighted by Gasteiger charge is 2.31. The number of nitrogens with one attached hydrogen (secondary N) is 1. The molecule has 0 fully saturated rings. The van der Waals surface area contributed by atoms with Gasteiger partial charge in [0.05, 0.1) is 45.5 Å². The van der Waals surface area contributed by atoms with E-state index in [4.69, 9.17) is 16.3 Å². The van der Waals surface area contributed by atoms with Crippen LogP contribution in [0.1, 0.15) is 34.1 Å². The highest BCUT2D eigenvalue weighted by Crippen LogP contribution is 2.34. The number of anilines is 1. The van der Waals surface area contributed by atoms with Crippen molar-refractivity contribution >= 4 is 40.9 Å². The molecule has 0 unspecified atom stereocenters. The number of amides is 1. The Morgan fingerprint density at radius 1 is 1.33 bits per heavy atom. The van der Waals surface area contributed by atoms with Crippen LogP contribution in [-0.4, -0.2) is 29.2 Å². The van der Waals surface area contributed by atoms with Crippen LogP contribution in [0.4, 0.5) is 18.9 Å². The van der Waals surface area contributed by atoms with E-state index in [2.05, 4.69) is 10.3 Å². The standard InChI is InChI=1S/C19H15ClF3N3O3S/c1-3-29-18(28)13-6-11(8-24)17(25-10(13)2)30-9-16(27)26-15-7-12(19(21,22)23)4-5-14(15)20/h4-7H,3,9H2,1-2H3,(H,26,27). The van der Waals surface area contributed by atoms with Crippen molar-refractivity contribution in [1.82, 2.24) is 4.98 Å². The number of nitriles is 1. The summed E-state index contributed by atoms with van der Waals surface area (Å²) >= 11 is 6.76. The number of alkyl halides is 3. The number of nitrogens with zero attached hydrogens (tertiary/aromatic N) is 2. The first-order valence-electron chi connectivity index (χ1n) is 8.45. The SMILES string of the molecule is CCOC(=O)c1cc(C#N)c(SCC(=O)Nc2cc(C(F)(F)F)ccc2Cl)nc1C. The highest BCUT2D eigenvalue weighted by molar-refractivity contribution is 8.00. The van der Waals surface area contributed by atoms with Gasteiger partial charge in [0.25, 0.3) is 0 Å². The van der Waals surface area contributed by atoms with Crippen LogP contribution in [0.25, 0.3) is 0 Å². The number of aryl methyl sites for hydroxylation is 1. The Balaban J connectivity index is 2.14. The van der Waals surface area contributed by atoms with Gasteiger partial charge < -0.3 is 10.1 Å². The lowest BCUT2D eigenvalue weighted by Gasteiger charge is -2.12. The van der Waals surface area contributed by atoms with Gasteiger partial charge in [0.2, 0.25) is 5.91 Å². The first-order chi connectivity index (χ1) is 14.1. The zero-order valence-electron chi connectivity index (χ0n) is 15.8. The summed E-state index contributed by atoms with van der Waals surface area (Å²) in [7, 11) is 0. The Labute approximate surface area is 179 Å². The summed E-state index contributed by atoms with van der Waals surface area (Å²) in [6.45, 7) is 3.36. The first kappa shape index (κ1) is 23.5. The maximum atomic E-state index is 12.8. The molecular formula is C19H15ClF3N3O3S. The van der Waals surface area contributed by atoms with E-state index in [0.29, 0.717) is 5.69 Å². The van der Waals surface area contributed by atoms with Gasteiger partial charge in [-0.3, -0.25) is 4.79 Å². The number of thioether (sulfide) groups is 1. The molecule has 1 aromatic carbocycles. The third kappa shape index (κ3) is 5.87. The van der Waals surface area contributed by atoms with Gasteiger partial charge in [-0.25, -0.2) is 9.78 Å². The number of halogens is 4. The number of rotatable bonds is 6. The summed E-state index contributed by atoms with van der Waals surface area (Å²) in [5.74, 6) is -1.50. The van der Waals surface area contributed by atoms with Gasteiger partial charge in [-0.2, -0.15) is 18.4 Å². The van der Waals surface area contributed by atoms with E-state index in [9.17, 15) is 28.0 Å². The van der Waals surface area contributed by atoms with E-state index in [1.807, 2.05) is 6.07 Å². The van der Waals surface area contributed by atoms with Crippen LogP contribution in [0.15, 0.2) is 29.3 Å². The maximum absolute atomic E-state index is 12.8. The molecule has 0 aliphatic carbocycles. The van der Waals surface area contributed by atoms with Gasteiger partial charge in [0.1, 0.15) is 11.1 Å². The second kappa shape index (κ2) is 9.82. The molecule has 2 rings (SSSR count). The second-order valence-corrected chi connectivity index (χ2v) is 7.21. The fraction of sp³-hybridized carbons (Fsp3) is 0.263. The number of esters is 1. The number of carbonyl (C=O) groups is 2. The average Bonchev–Trinajstić information content (AvgIpc) is 2.67. The summed E-state index contributed by atoms with van der Waals surface area (Å²) in [5, 5.41) is 11.8. The number of hydrogen-bond donors (Lipinski definition) is 1. The number of benzene rings is 1. The maximum Gasteiger partial charge on any atom is 0.416 e. The third-order valence-electron chi connectivity index (χ3n) is 3.70. The summed E-state index contributed by atoms with van der Waals surface area (Å²) in [5.41, 5.74) is -0.611. The molecule has 158 valence electrons. The van der Waals surface area contributed by atoms with E-state index in [0.717, 1.165) is 30.0 Å². The molecule has 11 heteroatoms. The minimum absolute atomic E-state index is 0.0492. The fourth-order valence-electron chi connectivity index (χ4n) is 2.31. The molecule has 0 aliphatic rings. The van der Waals surface area contributed by atoms with Crippen molar-refractivity contribution in [3.8, 4) is 6.07 Å². The molecule has 0 atom stereocenters. The van der Waals surface area contributed by atoms with Crippen molar-refractivity contribution < 1.29 is 27.5 Å². The normalized spacial score (nSPS) is 11.0. The largest absolute Gasteiger partial charge is 0.462 e. The smallest absolute Gasteiger partial charge is 0.416 e.